The maximum absolute atomic E-state index is 11.7. The summed E-state index contributed by atoms with van der Waals surface area (Å²) in [5.41, 5.74) is 1.04. The van der Waals surface area contributed by atoms with Gasteiger partial charge < -0.3 is 18.9 Å². The zero-order valence-electron chi connectivity index (χ0n) is 17.9. The molecule has 0 heterocycles. The fourth-order valence-corrected chi connectivity index (χ4v) is 2.80. The van der Waals surface area contributed by atoms with E-state index in [1.807, 2.05) is 6.92 Å². The van der Waals surface area contributed by atoms with E-state index >= 15 is 0 Å². The number of esters is 2. The highest BCUT2D eigenvalue weighted by Crippen LogP contribution is 2.17. The zero-order chi connectivity index (χ0) is 21.8. The minimum atomic E-state index is -0.326. The molecule has 0 spiro atoms. The van der Waals surface area contributed by atoms with Gasteiger partial charge in [-0.15, -0.1) is 0 Å². The monoisotopic (exact) mass is 414 g/mol. The molecule has 30 heavy (non-hydrogen) atoms. The lowest BCUT2D eigenvalue weighted by atomic mass is 10.1. The Bertz CT molecular complexity index is 782. The highest BCUT2D eigenvalue weighted by molar-refractivity contribution is 5.89. The Labute approximate surface area is 178 Å². The summed E-state index contributed by atoms with van der Waals surface area (Å²) in [5, 5.41) is 0. The van der Waals surface area contributed by atoms with Crippen LogP contribution >= 0.6 is 0 Å². The van der Waals surface area contributed by atoms with Crippen molar-refractivity contribution in [3.63, 3.8) is 0 Å². The molecule has 0 saturated carbocycles. The molecule has 0 aliphatic carbocycles. The molecule has 0 aromatic heterocycles. The van der Waals surface area contributed by atoms with Crippen molar-refractivity contribution >= 4 is 11.9 Å². The van der Waals surface area contributed by atoms with Crippen molar-refractivity contribution in [2.45, 2.75) is 46.1 Å². The van der Waals surface area contributed by atoms with Crippen LogP contribution < -0.4 is 9.47 Å². The number of carbonyl (C=O) groups is 2. The average molecular weight is 414 g/mol. The van der Waals surface area contributed by atoms with Crippen LogP contribution in [0.3, 0.4) is 0 Å². The number of ether oxygens (including phenoxy) is 4. The van der Waals surface area contributed by atoms with Crippen molar-refractivity contribution in [1.82, 2.24) is 0 Å². The Kier molecular flexibility index (Phi) is 9.71. The highest BCUT2D eigenvalue weighted by Gasteiger charge is 2.09. The van der Waals surface area contributed by atoms with Crippen molar-refractivity contribution < 1.29 is 28.5 Å². The van der Waals surface area contributed by atoms with Gasteiger partial charge in [0.2, 0.25) is 0 Å². The lowest BCUT2D eigenvalue weighted by Gasteiger charge is -2.15. The lowest BCUT2D eigenvalue weighted by molar-refractivity contribution is 0.0516. The molecule has 2 aromatic rings. The molecule has 6 nitrogen and oxygen atoms in total. The third-order valence-corrected chi connectivity index (χ3v) is 4.34. The summed E-state index contributed by atoms with van der Waals surface area (Å²) < 4.78 is 21.5. The van der Waals surface area contributed by atoms with E-state index in [0.717, 1.165) is 30.8 Å². The first-order valence-corrected chi connectivity index (χ1v) is 10.4. The third kappa shape index (κ3) is 7.78. The Balaban J connectivity index is 1.64. The van der Waals surface area contributed by atoms with Crippen molar-refractivity contribution in [2.75, 3.05) is 19.8 Å². The maximum Gasteiger partial charge on any atom is 0.338 e. The summed E-state index contributed by atoms with van der Waals surface area (Å²) in [7, 11) is 0. The molecule has 0 fully saturated rings. The van der Waals surface area contributed by atoms with E-state index in [2.05, 4.69) is 0 Å². The molecular formula is C24H30O6. The second kappa shape index (κ2) is 12.5. The van der Waals surface area contributed by atoms with Gasteiger partial charge >= 0.3 is 11.9 Å². The predicted molar refractivity (Wildman–Crippen MR) is 114 cm³/mol. The SMILES string of the molecule is CCOC(=O)c1ccc(OCCCCC(C)Oc2ccc(C(=O)OCC)cc2)cc1. The number of hydrogen-bond acceptors (Lipinski definition) is 6. The van der Waals surface area contributed by atoms with Gasteiger partial charge in [0.1, 0.15) is 11.5 Å². The molecule has 0 aliphatic heterocycles. The van der Waals surface area contributed by atoms with Gasteiger partial charge in [0.05, 0.1) is 37.1 Å². The van der Waals surface area contributed by atoms with Crippen LogP contribution in [-0.4, -0.2) is 37.9 Å². The first-order chi connectivity index (χ1) is 14.5. The minimum Gasteiger partial charge on any atom is -0.494 e. The second-order valence-corrected chi connectivity index (χ2v) is 6.76. The molecule has 1 atom stereocenters. The number of unbranched alkanes of at least 4 members (excludes halogenated alkanes) is 1. The van der Waals surface area contributed by atoms with E-state index in [-0.39, 0.29) is 18.0 Å². The number of benzene rings is 2. The number of hydrogen-bond donors (Lipinski definition) is 0. The van der Waals surface area contributed by atoms with Crippen molar-refractivity contribution in [2.24, 2.45) is 0 Å². The van der Waals surface area contributed by atoms with Gasteiger partial charge in [-0.2, -0.15) is 0 Å². The lowest BCUT2D eigenvalue weighted by Crippen LogP contribution is -2.12. The molecule has 2 aromatic carbocycles. The molecule has 0 amide bonds. The van der Waals surface area contributed by atoms with Crippen molar-refractivity contribution in [3.05, 3.63) is 59.7 Å². The Morgan fingerprint density at radius 2 is 1.27 bits per heavy atom. The standard InChI is InChI=1S/C24H30O6/c1-4-27-23(25)19-9-13-21(14-10-19)29-17-7-6-8-18(3)30-22-15-11-20(12-16-22)24(26)28-5-2/h9-16,18H,4-8,17H2,1-3H3. The van der Waals surface area contributed by atoms with Gasteiger partial charge in [0.25, 0.3) is 0 Å². The summed E-state index contributed by atoms with van der Waals surface area (Å²) in [5.74, 6) is 0.809. The van der Waals surface area contributed by atoms with E-state index in [0.29, 0.717) is 30.9 Å². The molecule has 0 N–H and O–H groups in total. The largest absolute Gasteiger partial charge is 0.494 e. The topological polar surface area (TPSA) is 71.1 Å². The van der Waals surface area contributed by atoms with Gasteiger partial charge in [-0.25, -0.2) is 9.59 Å². The summed E-state index contributed by atoms with van der Waals surface area (Å²) >= 11 is 0. The summed E-state index contributed by atoms with van der Waals surface area (Å²) in [6, 6.07) is 13.9. The molecule has 162 valence electrons. The molecule has 0 radical (unpaired) electrons. The first-order valence-electron chi connectivity index (χ1n) is 10.4. The van der Waals surface area contributed by atoms with E-state index in [9.17, 15) is 9.59 Å². The summed E-state index contributed by atoms with van der Waals surface area (Å²) in [6.45, 7) is 6.90. The van der Waals surface area contributed by atoms with E-state index in [4.69, 9.17) is 18.9 Å². The fourth-order valence-electron chi connectivity index (χ4n) is 2.80. The predicted octanol–water partition coefficient (Wildman–Crippen LogP) is 5.06. The number of rotatable bonds is 12. The minimum absolute atomic E-state index is 0.0577. The molecule has 2 rings (SSSR count). The fraction of sp³-hybridized carbons (Fsp3) is 0.417. The van der Waals surface area contributed by atoms with E-state index in [1.54, 1.807) is 62.4 Å². The Morgan fingerprint density at radius 1 is 0.767 bits per heavy atom. The molecule has 0 aliphatic rings. The van der Waals surface area contributed by atoms with E-state index < -0.39 is 0 Å². The van der Waals surface area contributed by atoms with Crippen LogP contribution in [0, 0.1) is 0 Å². The van der Waals surface area contributed by atoms with Crippen molar-refractivity contribution in [1.29, 1.82) is 0 Å². The Morgan fingerprint density at radius 3 is 1.77 bits per heavy atom. The van der Waals surface area contributed by atoms with Gasteiger partial charge in [0, 0.05) is 0 Å². The smallest absolute Gasteiger partial charge is 0.338 e. The van der Waals surface area contributed by atoms with Crippen LogP contribution in [-0.2, 0) is 9.47 Å². The summed E-state index contributed by atoms with van der Waals surface area (Å²) in [6.07, 6.45) is 2.81. The molecule has 6 heteroatoms. The van der Waals surface area contributed by atoms with Gasteiger partial charge in [-0.1, -0.05) is 0 Å². The van der Waals surface area contributed by atoms with Crippen LogP contribution in [0.1, 0.15) is 60.7 Å². The zero-order valence-corrected chi connectivity index (χ0v) is 17.9. The summed E-state index contributed by atoms with van der Waals surface area (Å²) in [4.78, 5) is 23.3. The van der Waals surface area contributed by atoms with Gasteiger partial charge in [0.15, 0.2) is 0 Å². The normalized spacial score (nSPS) is 11.4. The van der Waals surface area contributed by atoms with E-state index in [1.165, 1.54) is 0 Å². The molecule has 0 saturated heterocycles. The molecule has 0 bridgehead atoms. The highest BCUT2D eigenvalue weighted by atomic mass is 16.5. The average Bonchev–Trinajstić information content (AvgIpc) is 2.75. The third-order valence-electron chi connectivity index (χ3n) is 4.34. The maximum atomic E-state index is 11.7. The first kappa shape index (κ1) is 23.3. The van der Waals surface area contributed by atoms with Crippen LogP contribution in [0.4, 0.5) is 0 Å². The number of carbonyl (C=O) groups excluding carboxylic acids is 2. The van der Waals surface area contributed by atoms with Crippen LogP contribution in [0.15, 0.2) is 48.5 Å². The second-order valence-electron chi connectivity index (χ2n) is 6.76. The van der Waals surface area contributed by atoms with Gasteiger partial charge in [-0.3, -0.25) is 0 Å². The van der Waals surface area contributed by atoms with Crippen LogP contribution in [0.5, 0.6) is 11.5 Å². The van der Waals surface area contributed by atoms with Gasteiger partial charge in [-0.05, 0) is 88.6 Å². The molecule has 1 unspecified atom stereocenters. The quantitative estimate of drug-likeness (QED) is 0.357. The van der Waals surface area contributed by atoms with Crippen molar-refractivity contribution in [3.8, 4) is 11.5 Å². The van der Waals surface area contributed by atoms with Crippen LogP contribution in [0.25, 0.3) is 0 Å². The van der Waals surface area contributed by atoms with Crippen LogP contribution in [0.2, 0.25) is 0 Å². The Hall–Kier alpha value is -3.02. The molecular weight excluding hydrogens is 384 g/mol.